The van der Waals surface area contributed by atoms with Crippen LogP contribution in [-0.4, -0.2) is 28.0 Å². The molecule has 0 spiro atoms. The van der Waals surface area contributed by atoms with Crippen LogP contribution in [-0.2, 0) is 10.0 Å². The lowest BCUT2D eigenvalue weighted by atomic mass is 10.3. The maximum absolute atomic E-state index is 12.0. The summed E-state index contributed by atoms with van der Waals surface area (Å²) in [6.45, 7) is 2.27. The van der Waals surface area contributed by atoms with Crippen LogP contribution >= 0.6 is 11.6 Å². The largest absolute Gasteiger partial charge is 0.495 e. The van der Waals surface area contributed by atoms with Gasteiger partial charge >= 0.3 is 0 Å². The summed E-state index contributed by atoms with van der Waals surface area (Å²) in [6, 6.07) is 2.87. The molecule has 1 aromatic carbocycles. The Hall–Kier alpha value is -1.47. The van der Waals surface area contributed by atoms with Crippen molar-refractivity contribution in [1.29, 1.82) is 0 Å². The second kappa shape index (κ2) is 4.66. The van der Waals surface area contributed by atoms with E-state index in [1.807, 2.05) is 0 Å². The van der Waals surface area contributed by atoms with Gasteiger partial charge in [-0.05, 0) is 13.0 Å². The SMILES string of the molecule is CCN=C1Nc2cc(Cl)c(OC)cc2S(=O)(=O)N1. The van der Waals surface area contributed by atoms with Gasteiger partial charge in [-0.3, -0.25) is 4.99 Å². The summed E-state index contributed by atoms with van der Waals surface area (Å²) in [6.07, 6.45) is 0. The molecule has 6 nitrogen and oxygen atoms in total. The number of nitrogens with zero attached hydrogens (tertiary/aromatic N) is 1. The molecule has 1 aliphatic rings. The van der Waals surface area contributed by atoms with Gasteiger partial charge in [0.05, 0.1) is 17.8 Å². The Morgan fingerprint density at radius 1 is 1.44 bits per heavy atom. The topological polar surface area (TPSA) is 79.8 Å². The predicted molar refractivity (Wildman–Crippen MR) is 69.9 cm³/mol. The molecule has 0 aliphatic carbocycles. The van der Waals surface area contributed by atoms with Crippen LogP contribution in [0.5, 0.6) is 5.75 Å². The Morgan fingerprint density at radius 3 is 2.78 bits per heavy atom. The third-order valence-electron chi connectivity index (χ3n) is 2.34. The van der Waals surface area contributed by atoms with E-state index in [1.54, 1.807) is 6.92 Å². The van der Waals surface area contributed by atoms with Gasteiger partial charge in [0.25, 0.3) is 10.0 Å². The highest BCUT2D eigenvalue weighted by atomic mass is 35.5. The van der Waals surface area contributed by atoms with Gasteiger partial charge in [-0.15, -0.1) is 0 Å². The van der Waals surface area contributed by atoms with Crippen molar-refractivity contribution in [2.24, 2.45) is 4.99 Å². The minimum Gasteiger partial charge on any atom is -0.495 e. The maximum atomic E-state index is 12.0. The molecule has 0 bridgehead atoms. The van der Waals surface area contributed by atoms with Crippen LogP contribution in [0.15, 0.2) is 22.0 Å². The average Bonchev–Trinajstić information content (AvgIpc) is 2.27. The zero-order valence-electron chi connectivity index (χ0n) is 9.82. The summed E-state index contributed by atoms with van der Waals surface area (Å²) in [5.41, 5.74) is 0.381. The highest BCUT2D eigenvalue weighted by molar-refractivity contribution is 7.90. The lowest BCUT2D eigenvalue weighted by Crippen LogP contribution is -2.40. The van der Waals surface area contributed by atoms with E-state index in [1.165, 1.54) is 19.2 Å². The summed E-state index contributed by atoms with van der Waals surface area (Å²) >= 11 is 5.96. The van der Waals surface area contributed by atoms with Gasteiger partial charge in [0, 0.05) is 12.6 Å². The van der Waals surface area contributed by atoms with Crippen molar-refractivity contribution in [2.75, 3.05) is 19.0 Å². The van der Waals surface area contributed by atoms with Gasteiger partial charge in [0.1, 0.15) is 10.6 Å². The number of hydrogen-bond acceptors (Lipinski definition) is 4. The molecule has 18 heavy (non-hydrogen) atoms. The summed E-state index contributed by atoms with van der Waals surface area (Å²) in [4.78, 5) is 4.07. The molecule has 0 saturated heterocycles. The first-order valence-electron chi connectivity index (χ1n) is 5.19. The first-order valence-corrected chi connectivity index (χ1v) is 7.06. The number of benzene rings is 1. The minimum absolute atomic E-state index is 0.0822. The van der Waals surface area contributed by atoms with Gasteiger partial charge in [0.2, 0.25) is 5.96 Å². The molecule has 1 heterocycles. The van der Waals surface area contributed by atoms with Crippen LogP contribution in [0.3, 0.4) is 0 Å². The molecule has 0 radical (unpaired) electrons. The van der Waals surface area contributed by atoms with E-state index < -0.39 is 10.0 Å². The van der Waals surface area contributed by atoms with Crippen LogP contribution in [0.2, 0.25) is 5.02 Å². The molecule has 98 valence electrons. The van der Waals surface area contributed by atoms with Crippen molar-refractivity contribution < 1.29 is 13.2 Å². The number of hydrogen-bond donors (Lipinski definition) is 2. The van der Waals surface area contributed by atoms with Crippen molar-refractivity contribution in [1.82, 2.24) is 4.72 Å². The van der Waals surface area contributed by atoms with Gasteiger partial charge in [0.15, 0.2) is 0 Å². The molecular formula is C10H12ClN3O3S. The van der Waals surface area contributed by atoms with Crippen LogP contribution in [0.4, 0.5) is 5.69 Å². The van der Waals surface area contributed by atoms with Gasteiger partial charge < -0.3 is 10.1 Å². The number of sulfonamides is 1. The summed E-state index contributed by atoms with van der Waals surface area (Å²) in [5, 5.41) is 3.20. The van der Waals surface area contributed by atoms with Gasteiger partial charge in [-0.2, -0.15) is 0 Å². The number of methoxy groups -OCH3 is 1. The fourth-order valence-corrected chi connectivity index (χ4v) is 2.96. The van der Waals surface area contributed by atoms with E-state index in [9.17, 15) is 8.42 Å². The summed E-state index contributed by atoms with van der Waals surface area (Å²) in [7, 11) is -2.22. The molecule has 8 heteroatoms. The fourth-order valence-electron chi connectivity index (χ4n) is 1.58. The monoisotopic (exact) mass is 289 g/mol. The molecule has 1 aromatic rings. The minimum atomic E-state index is -3.64. The molecular weight excluding hydrogens is 278 g/mol. The molecule has 2 N–H and O–H groups in total. The fraction of sp³-hybridized carbons (Fsp3) is 0.300. The highest BCUT2D eigenvalue weighted by Crippen LogP contribution is 2.35. The maximum Gasteiger partial charge on any atom is 0.266 e. The Bertz CT molecular complexity index is 613. The van der Waals surface area contributed by atoms with Crippen LogP contribution < -0.4 is 14.8 Å². The van der Waals surface area contributed by atoms with E-state index in [0.717, 1.165) is 0 Å². The number of guanidine groups is 1. The Kier molecular flexibility index (Phi) is 3.36. The zero-order valence-corrected chi connectivity index (χ0v) is 11.4. The quantitative estimate of drug-likeness (QED) is 0.863. The summed E-state index contributed by atoms with van der Waals surface area (Å²) in [5.74, 6) is 0.490. The molecule has 0 unspecified atom stereocenters. The second-order valence-electron chi connectivity index (χ2n) is 3.54. The lowest BCUT2D eigenvalue weighted by Gasteiger charge is -2.22. The lowest BCUT2D eigenvalue weighted by molar-refractivity contribution is 0.413. The molecule has 1 aliphatic heterocycles. The molecule has 0 amide bonds. The van der Waals surface area contributed by atoms with Crippen LogP contribution in [0.1, 0.15) is 6.92 Å². The Balaban J connectivity index is 2.60. The van der Waals surface area contributed by atoms with Crippen molar-refractivity contribution in [3.05, 3.63) is 17.2 Å². The van der Waals surface area contributed by atoms with Crippen LogP contribution in [0.25, 0.3) is 0 Å². The molecule has 2 rings (SSSR count). The van der Waals surface area contributed by atoms with E-state index in [4.69, 9.17) is 16.3 Å². The first-order chi connectivity index (χ1) is 8.47. The molecule has 0 aromatic heterocycles. The van der Waals surface area contributed by atoms with Crippen molar-refractivity contribution >= 4 is 33.3 Å². The molecule has 0 atom stereocenters. The number of fused-ring (bicyclic) bond motifs is 1. The zero-order chi connectivity index (χ0) is 13.3. The van der Waals surface area contributed by atoms with Crippen molar-refractivity contribution in [3.63, 3.8) is 0 Å². The number of rotatable bonds is 2. The summed E-state index contributed by atoms with van der Waals surface area (Å²) < 4.78 is 31.3. The van der Waals surface area contributed by atoms with E-state index in [-0.39, 0.29) is 10.9 Å². The number of nitrogens with one attached hydrogen (secondary N) is 2. The number of ether oxygens (including phenoxy) is 1. The number of anilines is 1. The highest BCUT2D eigenvalue weighted by Gasteiger charge is 2.28. The number of aliphatic imine (C=N–C) groups is 1. The van der Waals surface area contributed by atoms with Crippen molar-refractivity contribution in [3.8, 4) is 5.75 Å². The first kappa shape index (κ1) is 13.0. The van der Waals surface area contributed by atoms with Crippen molar-refractivity contribution in [2.45, 2.75) is 11.8 Å². The normalized spacial score (nSPS) is 18.7. The third kappa shape index (κ3) is 2.23. The molecule has 0 fully saturated rings. The standard InChI is InChI=1S/C10H12ClN3O3S/c1-3-12-10-13-7-4-6(11)8(17-2)5-9(7)18(15,16)14-10/h4-5H,3H2,1-2H3,(H2,12,13,14). The predicted octanol–water partition coefficient (Wildman–Crippen LogP) is 1.43. The smallest absolute Gasteiger partial charge is 0.266 e. The number of halogens is 1. The van der Waals surface area contributed by atoms with Gasteiger partial charge in [-0.1, -0.05) is 11.6 Å². The second-order valence-corrected chi connectivity index (χ2v) is 5.59. The molecule has 0 saturated carbocycles. The van der Waals surface area contributed by atoms with Gasteiger partial charge in [-0.25, -0.2) is 13.1 Å². The van der Waals surface area contributed by atoms with E-state index >= 15 is 0 Å². The van der Waals surface area contributed by atoms with Crippen LogP contribution in [0, 0.1) is 0 Å². The van der Waals surface area contributed by atoms with E-state index in [2.05, 4.69) is 15.0 Å². The Labute approximate surface area is 110 Å². The third-order valence-corrected chi connectivity index (χ3v) is 4.02. The average molecular weight is 290 g/mol. The van der Waals surface area contributed by atoms with E-state index in [0.29, 0.717) is 23.0 Å². The Morgan fingerprint density at radius 2 is 2.17 bits per heavy atom.